The van der Waals surface area contributed by atoms with Gasteiger partial charge in [-0.3, -0.25) is 4.79 Å². The number of methoxy groups -OCH3 is 1. The van der Waals surface area contributed by atoms with Crippen LogP contribution in [0.15, 0.2) is 30.5 Å². The first kappa shape index (κ1) is 12.3. The van der Waals surface area contributed by atoms with Crippen molar-refractivity contribution in [1.29, 1.82) is 0 Å². The van der Waals surface area contributed by atoms with Crippen molar-refractivity contribution in [1.82, 2.24) is 15.2 Å². The minimum absolute atomic E-state index is 0.158. The lowest BCUT2D eigenvalue weighted by molar-refractivity contribution is 0.102. The van der Waals surface area contributed by atoms with Gasteiger partial charge in [0, 0.05) is 6.20 Å². The highest BCUT2D eigenvalue weighted by Gasteiger charge is 2.11. The van der Waals surface area contributed by atoms with E-state index in [0.29, 0.717) is 11.6 Å². The summed E-state index contributed by atoms with van der Waals surface area (Å²) in [6.45, 7) is 0. The summed E-state index contributed by atoms with van der Waals surface area (Å²) in [6.07, 6.45) is 1.57. The van der Waals surface area contributed by atoms with Crippen LogP contribution in [-0.2, 0) is 0 Å². The van der Waals surface area contributed by atoms with Gasteiger partial charge in [0.15, 0.2) is 10.8 Å². The molecule has 0 bridgehead atoms. The van der Waals surface area contributed by atoms with Gasteiger partial charge < -0.3 is 10.1 Å². The normalized spacial score (nSPS) is 9.89. The first-order valence-corrected chi connectivity index (χ1v) is 5.38. The second kappa shape index (κ2) is 5.42. The molecule has 92 valence electrons. The smallest absolute Gasteiger partial charge is 0.276 e. The molecule has 0 aliphatic rings. The van der Waals surface area contributed by atoms with Gasteiger partial charge in [0.1, 0.15) is 5.69 Å². The molecule has 0 aromatic carbocycles. The van der Waals surface area contributed by atoms with E-state index in [4.69, 9.17) is 16.3 Å². The van der Waals surface area contributed by atoms with Crippen LogP contribution in [0.2, 0.25) is 5.15 Å². The number of pyridine rings is 1. The molecule has 2 aromatic heterocycles. The standard InChI is InChI=1S/C11H9ClN4O2/c1-18-11-8(3-2-6-13-11)14-10(17)7-4-5-9(12)16-15-7/h2-6H,1H3,(H,14,17). The maximum atomic E-state index is 11.9. The minimum Gasteiger partial charge on any atom is -0.480 e. The number of carbonyl (C=O) groups is 1. The van der Waals surface area contributed by atoms with E-state index in [1.54, 1.807) is 18.3 Å². The third-order valence-corrected chi connectivity index (χ3v) is 2.28. The van der Waals surface area contributed by atoms with Crippen molar-refractivity contribution in [2.45, 2.75) is 0 Å². The van der Waals surface area contributed by atoms with E-state index in [1.807, 2.05) is 0 Å². The Hall–Kier alpha value is -2.21. The molecule has 0 fully saturated rings. The number of halogens is 1. The van der Waals surface area contributed by atoms with Gasteiger partial charge in [-0.05, 0) is 24.3 Å². The third kappa shape index (κ3) is 2.72. The van der Waals surface area contributed by atoms with Gasteiger partial charge in [0.25, 0.3) is 5.91 Å². The summed E-state index contributed by atoms with van der Waals surface area (Å²) in [5.41, 5.74) is 0.618. The molecule has 0 atom stereocenters. The quantitative estimate of drug-likeness (QED) is 0.914. The molecule has 2 heterocycles. The largest absolute Gasteiger partial charge is 0.480 e. The number of aromatic nitrogens is 3. The van der Waals surface area contributed by atoms with Crippen molar-refractivity contribution in [2.75, 3.05) is 12.4 Å². The van der Waals surface area contributed by atoms with Crippen LogP contribution in [0.25, 0.3) is 0 Å². The Morgan fingerprint density at radius 1 is 1.33 bits per heavy atom. The SMILES string of the molecule is COc1ncccc1NC(=O)c1ccc(Cl)nn1. The Labute approximate surface area is 108 Å². The van der Waals surface area contributed by atoms with Crippen molar-refractivity contribution in [2.24, 2.45) is 0 Å². The molecule has 7 heteroatoms. The Bertz CT molecular complexity index is 559. The Morgan fingerprint density at radius 3 is 2.83 bits per heavy atom. The van der Waals surface area contributed by atoms with Crippen LogP contribution < -0.4 is 10.1 Å². The Morgan fingerprint density at radius 2 is 2.17 bits per heavy atom. The Balaban J connectivity index is 2.18. The zero-order valence-corrected chi connectivity index (χ0v) is 10.2. The van der Waals surface area contributed by atoms with Gasteiger partial charge in [0.05, 0.1) is 7.11 Å². The highest BCUT2D eigenvalue weighted by Crippen LogP contribution is 2.20. The van der Waals surface area contributed by atoms with Crippen molar-refractivity contribution in [3.05, 3.63) is 41.3 Å². The molecule has 0 aliphatic heterocycles. The maximum absolute atomic E-state index is 11.9. The lowest BCUT2D eigenvalue weighted by Gasteiger charge is -2.07. The van der Waals surface area contributed by atoms with Gasteiger partial charge in [0.2, 0.25) is 5.88 Å². The number of hydrogen-bond donors (Lipinski definition) is 1. The molecule has 0 saturated heterocycles. The van der Waals surface area contributed by atoms with Crippen molar-refractivity contribution in [3.63, 3.8) is 0 Å². The predicted octanol–water partition coefficient (Wildman–Crippen LogP) is 1.79. The van der Waals surface area contributed by atoms with E-state index in [1.165, 1.54) is 19.2 Å². The number of nitrogens with one attached hydrogen (secondary N) is 1. The van der Waals surface area contributed by atoms with Crippen molar-refractivity contribution in [3.8, 4) is 5.88 Å². The number of ether oxygens (including phenoxy) is 1. The van der Waals surface area contributed by atoms with E-state index >= 15 is 0 Å². The summed E-state index contributed by atoms with van der Waals surface area (Å²) in [5, 5.41) is 10.1. The van der Waals surface area contributed by atoms with Crippen LogP contribution in [-0.4, -0.2) is 28.2 Å². The summed E-state index contributed by atoms with van der Waals surface area (Å²) in [5.74, 6) is -0.0850. The van der Waals surface area contributed by atoms with Gasteiger partial charge in [-0.1, -0.05) is 11.6 Å². The second-order valence-electron chi connectivity index (χ2n) is 3.26. The highest BCUT2D eigenvalue weighted by molar-refractivity contribution is 6.29. The van der Waals surface area contributed by atoms with Crippen molar-refractivity contribution < 1.29 is 9.53 Å². The predicted molar refractivity (Wildman–Crippen MR) is 65.8 cm³/mol. The molecule has 6 nitrogen and oxygen atoms in total. The summed E-state index contributed by atoms with van der Waals surface area (Å²) >= 11 is 5.59. The van der Waals surface area contributed by atoms with E-state index in [0.717, 1.165) is 0 Å². The second-order valence-corrected chi connectivity index (χ2v) is 3.64. The number of rotatable bonds is 3. The molecule has 0 saturated carbocycles. The Kier molecular flexibility index (Phi) is 3.69. The number of hydrogen-bond acceptors (Lipinski definition) is 5. The van der Waals surface area contributed by atoms with Crippen LogP contribution in [0.1, 0.15) is 10.5 Å². The van der Waals surface area contributed by atoms with Gasteiger partial charge in [-0.2, -0.15) is 0 Å². The first-order chi connectivity index (χ1) is 8.70. The molecule has 18 heavy (non-hydrogen) atoms. The average Bonchev–Trinajstić information content (AvgIpc) is 2.40. The fourth-order valence-electron chi connectivity index (χ4n) is 1.27. The van der Waals surface area contributed by atoms with Crippen molar-refractivity contribution >= 4 is 23.2 Å². The molecule has 2 aromatic rings. The topological polar surface area (TPSA) is 77.0 Å². The maximum Gasteiger partial charge on any atom is 0.276 e. The van der Waals surface area contributed by atoms with E-state index in [9.17, 15) is 4.79 Å². The molecule has 1 N–H and O–H groups in total. The van der Waals surface area contributed by atoms with Gasteiger partial charge in [-0.25, -0.2) is 4.98 Å². The number of amides is 1. The van der Waals surface area contributed by atoms with E-state index < -0.39 is 5.91 Å². The zero-order valence-electron chi connectivity index (χ0n) is 9.42. The molecular formula is C11H9ClN4O2. The van der Waals surface area contributed by atoms with E-state index in [-0.39, 0.29) is 10.8 Å². The molecule has 0 aliphatic carbocycles. The molecular weight excluding hydrogens is 256 g/mol. The average molecular weight is 265 g/mol. The van der Waals surface area contributed by atoms with E-state index in [2.05, 4.69) is 20.5 Å². The molecule has 2 rings (SSSR count). The van der Waals surface area contributed by atoms with Gasteiger partial charge in [-0.15, -0.1) is 10.2 Å². The highest BCUT2D eigenvalue weighted by atomic mass is 35.5. The number of carbonyl (C=O) groups excluding carboxylic acids is 1. The van der Waals surface area contributed by atoms with Crippen LogP contribution in [0, 0.1) is 0 Å². The summed E-state index contributed by atoms with van der Waals surface area (Å²) < 4.78 is 5.02. The molecule has 0 spiro atoms. The van der Waals surface area contributed by atoms with Crippen LogP contribution >= 0.6 is 11.6 Å². The number of anilines is 1. The summed E-state index contributed by atoms with van der Waals surface area (Å²) in [6, 6.07) is 6.33. The monoisotopic (exact) mass is 264 g/mol. The zero-order chi connectivity index (χ0) is 13.0. The fourth-order valence-corrected chi connectivity index (χ4v) is 1.37. The molecule has 1 amide bonds. The summed E-state index contributed by atoms with van der Waals surface area (Å²) in [4.78, 5) is 15.8. The van der Waals surface area contributed by atoms with Gasteiger partial charge >= 0.3 is 0 Å². The minimum atomic E-state index is -0.412. The van der Waals surface area contributed by atoms with Crippen LogP contribution in [0.5, 0.6) is 5.88 Å². The lowest BCUT2D eigenvalue weighted by atomic mass is 10.3. The molecule has 0 unspecified atom stereocenters. The van der Waals surface area contributed by atoms with Crippen LogP contribution in [0.3, 0.4) is 0 Å². The summed E-state index contributed by atoms with van der Waals surface area (Å²) in [7, 11) is 1.47. The van der Waals surface area contributed by atoms with Crippen LogP contribution in [0.4, 0.5) is 5.69 Å². The molecule has 0 radical (unpaired) electrons. The lowest BCUT2D eigenvalue weighted by Crippen LogP contribution is -2.15. The fraction of sp³-hybridized carbons (Fsp3) is 0.0909. The number of nitrogens with zero attached hydrogens (tertiary/aromatic N) is 3. The third-order valence-electron chi connectivity index (χ3n) is 2.08. The first-order valence-electron chi connectivity index (χ1n) is 5.00.